The van der Waals surface area contributed by atoms with Gasteiger partial charge in [0.05, 0.1) is 5.69 Å². The maximum atomic E-state index is 12.1. The van der Waals surface area contributed by atoms with Crippen molar-refractivity contribution in [3.05, 3.63) is 28.5 Å². The van der Waals surface area contributed by atoms with Crippen molar-refractivity contribution < 1.29 is 13.2 Å². The van der Waals surface area contributed by atoms with Gasteiger partial charge < -0.3 is 5.73 Å². The molecule has 0 saturated carbocycles. The summed E-state index contributed by atoms with van der Waals surface area (Å²) in [6, 6.07) is 2.21. The number of aromatic nitrogens is 1. The molecule has 0 fully saturated rings. The highest BCUT2D eigenvalue weighted by Crippen LogP contribution is 2.29. The van der Waals surface area contributed by atoms with E-state index in [9.17, 15) is 13.2 Å². The summed E-state index contributed by atoms with van der Waals surface area (Å²) in [4.78, 5) is 3.61. The first-order valence-electron chi connectivity index (χ1n) is 3.36. The maximum Gasteiger partial charge on any atom is 0.409 e. The average Bonchev–Trinajstić information content (AvgIpc) is 2.01. The van der Waals surface area contributed by atoms with Crippen LogP contribution in [0.5, 0.6) is 0 Å². The van der Waals surface area contributed by atoms with Gasteiger partial charge in [0, 0.05) is 0 Å². The van der Waals surface area contributed by atoms with Crippen LogP contribution >= 0.6 is 15.9 Å². The molecule has 6 heteroatoms. The molecule has 0 amide bonds. The molecule has 0 aliphatic rings. The molecule has 1 atom stereocenters. The van der Waals surface area contributed by atoms with E-state index in [4.69, 9.17) is 5.73 Å². The lowest BCUT2D eigenvalue weighted by molar-refractivity contribution is -0.150. The molecule has 13 heavy (non-hydrogen) atoms. The van der Waals surface area contributed by atoms with E-state index in [1.165, 1.54) is 18.2 Å². The minimum Gasteiger partial charge on any atom is -0.315 e. The van der Waals surface area contributed by atoms with Crippen molar-refractivity contribution in [3.8, 4) is 0 Å². The van der Waals surface area contributed by atoms with E-state index < -0.39 is 12.2 Å². The molecule has 1 aromatic rings. The van der Waals surface area contributed by atoms with Gasteiger partial charge in [-0.15, -0.1) is 0 Å². The number of nitrogens with two attached hydrogens (primary N) is 1. The minimum atomic E-state index is -4.45. The number of alkyl halides is 3. The highest BCUT2D eigenvalue weighted by Gasteiger charge is 2.38. The van der Waals surface area contributed by atoms with E-state index >= 15 is 0 Å². The smallest absolute Gasteiger partial charge is 0.315 e. The molecule has 0 aromatic carbocycles. The second-order valence-electron chi connectivity index (χ2n) is 2.40. The third-order valence-electron chi connectivity index (χ3n) is 1.41. The van der Waals surface area contributed by atoms with Crippen LogP contribution in [0.3, 0.4) is 0 Å². The Kier molecular flexibility index (Phi) is 2.92. The summed E-state index contributed by atoms with van der Waals surface area (Å²) in [5.74, 6) is 0. The maximum absolute atomic E-state index is 12.1. The predicted molar refractivity (Wildman–Crippen MR) is 44.9 cm³/mol. The van der Waals surface area contributed by atoms with Crippen molar-refractivity contribution in [2.24, 2.45) is 5.73 Å². The van der Waals surface area contributed by atoms with Crippen LogP contribution in [0.1, 0.15) is 11.7 Å². The van der Waals surface area contributed by atoms with Crippen LogP contribution in [0.25, 0.3) is 0 Å². The largest absolute Gasteiger partial charge is 0.409 e. The van der Waals surface area contributed by atoms with Crippen molar-refractivity contribution in [1.82, 2.24) is 4.98 Å². The molecule has 1 aromatic heterocycles. The van der Waals surface area contributed by atoms with Gasteiger partial charge >= 0.3 is 6.18 Å². The summed E-state index contributed by atoms with van der Waals surface area (Å²) in [7, 11) is 0. The Morgan fingerprint density at radius 3 is 2.46 bits per heavy atom. The fraction of sp³-hybridized carbons (Fsp3) is 0.286. The number of hydrogen-bond acceptors (Lipinski definition) is 2. The van der Waals surface area contributed by atoms with E-state index in [1.54, 1.807) is 0 Å². The summed E-state index contributed by atoms with van der Waals surface area (Å²) in [5.41, 5.74) is 4.74. The van der Waals surface area contributed by atoms with E-state index in [0.717, 1.165) is 0 Å². The number of rotatable bonds is 1. The lowest BCUT2D eigenvalue weighted by Crippen LogP contribution is -2.29. The number of hydrogen-bond donors (Lipinski definition) is 1. The zero-order chi connectivity index (χ0) is 10.1. The fourth-order valence-electron chi connectivity index (χ4n) is 0.765. The lowest BCUT2D eigenvalue weighted by atomic mass is 10.2. The molecule has 0 bridgehead atoms. The zero-order valence-electron chi connectivity index (χ0n) is 6.35. The summed E-state index contributed by atoms with van der Waals surface area (Å²) >= 11 is 2.96. The summed E-state index contributed by atoms with van der Waals surface area (Å²) in [6.07, 6.45) is -4.45. The highest BCUT2D eigenvalue weighted by molar-refractivity contribution is 9.10. The number of nitrogens with zero attached hydrogens (tertiary/aromatic N) is 1. The summed E-state index contributed by atoms with van der Waals surface area (Å²) in [6.45, 7) is 0. The van der Waals surface area contributed by atoms with Crippen molar-refractivity contribution >= 4 is 15.9 Å². The Labute approximate surface area is 81.1 Å². The first-order chi connectivity index (χ1) is 5.91. The van der Waals surface area contributed by atoms with E-state index in [0.29, 0.717) is 4.60 Å². The van der Waals surface area contributed by atoms with Crippen LogP contribution in [-0.4, -0.2) is 11.2 Å². The molecular formula is C7H6BrF3N2. The van der Waals surface area contributed by atoms with Crippen molar-refractivity contribution in [2.75, 3.05) is 0 Å². The Bertz CT molecular complexity index is 300. The number of pyridine rings is 1. The van der Waals surface area contributed by atoms with Crippen LogP contribution in [0, 0.1) is 0 Å². The van der Waals surface area contributed by atoms with Gasteiger partial charge in [0.1, 0.15) is 10.6 Å². The normalized spacial score (nSPS) is 14.2. The predicted octanol–water partition coefficient (Wildman–Crippen LogP) is 2.41. The zero-order valence-corrected chi connectivity index (χ0v) is 7.93. The molecule has 0 radical (unpaired) electrons. The fourth-order valence-corrected chi connectivity index (χ4v) is 1.12. The summed E-state index contributed by atoms with van der Waals surface area (Å²) < 4.78 is 36.6. The van der Waals surface area contributed by atoms with Crippen molar-refractivity contribution in [3.63, 3.8) is 0 Å². The van der Waals surface area contributed by atoms with Crippen LogP contribution in [0.2, 0.25) is 0 Å². The topological polar surface area (TPSA) is 38.9 Å². The highest BCUT2D eigenvalue weighted by atomic mass is 79.9. The van der Waals surface area contributed by atoms with Gasteiger partial charge in [-0.25, -0.2) is 4.98 Å². The molecule has 72 valence electrons. The SMILES string of the molecule is NC(c1cccc(Br)n1)C(F)(F)F. The minimum absolute atomic E-state index is 0.193. The van der Waals surface area contributed by atoms with Crippen molar-refractivity contribution in [1.29, 1.82) is 0 Å². The van der Waals surface area contributed by atoms with Gasteiger partial charge in [0.25, 0.3) is 0 Å². The standard InChI is InChI=1S/C7H6BrF3N2/c8-5-3-1-2-4(13-5)6(12)7(9,10)11/h1-3,6H,12H2. The van der Waals surface area contributed by atoms with Gasteiger partial charge in [-0.1, -0.05) is 6.07 Å². The third-order valence-corrected chi connectivity index (χ3v) is 1.85. The molecule has 2 N–H and O–H groups in total. The second kappa shape index (κ2) is 3.63. The second-order valence-corrected chi connectivity index (χ2v) is 3.22. The Morgan fingerprint density at radius 2 is 2.00 bits per heavy atom. The lowest BCUT2D eigenvalue weighted by Gasteiger charge is -2.14. The molecule has 1 heterocycles. The van der Waals surface area contributed by atoms with E-state index in [1.807, 2.05) is 0 Å². The van der Waals surface area contributed by atoms with Gasteiger partial charge in [-0.3, -0.25) is 0 Å². The first kappa shape index (κ1) is 10.5. The average molecular weight is 255 g/mol. The molecule has 0 spiro atoms. The van der Waals surface area contributed by atoms with E-state index in [2.05, 4.69) is 20.9 Å². The monoisotopic (exact) mass is 254 g/mol. The van der Waals surface area contributed by atoms with Crippen LogP contribution < -0.4 is 5.73 Å². The molecule has 0 aliphatic carbocycles. The van der Waals surface area contributed by atoms with Crippen LogP contribution in [0.4, 0.5) is 13.2 Å². The number of halogens is 4. The molecule has 0 aliphatic heterocycles. The molecule has 2 nitrogen and oxygen atoms in total. The Morgan fingerprint density at radius 1 is 1.38 bits per heavy atom. The van der Waals surface area contributed by atoms with Crippen LogP contribution in [0.15, 0.2) is 22.8 Å². The molecule has 1 unspecified atom stereocenters. The summed E-state index contributed by atoms with van der Waals surface area (Å²) in [5, 5.41) is 0. The van der Waals surface area contributed by atoms with Gasteiger partial charge in [0.2, 0.25) is 0 Å². The first-order valence-corrected chi connectivity index (χ1v) is 4.15. The van der Waals surface area contributed by atoms with Gasteiger partial charge in [-0.2, -0.15) is 13.2 Å². The van der Waals surface area contributed by atoms with Crippen LogP contribution in [-0.2, 0) is 0 Å². The Balaban J connectivity index is 2.96. The third kappa shape index (κ3) is 2.67. The molecule has 1 rings (SSSR count). The quantitative estimate of drug-likeness (QED) is 0.782. The Hall–Kier alpha value is -0.620. The molecular weight excluding hydrogens is 249 g/mol. The van der Waals surface area contributed by atoms with Gasteiger partial charge in [-0.05, 0) is 28.1 Å². The van der Waals surface area contributed by atoms with E-state index in [-0.39, 0.29) is 5.69 Å². The molecule has 0 saturated heterocycles. The van der Waals surface area contributed by atoms with Crippen molar-refractivity contribution in [2.45, 2.75) is 12.2 Å². The van der Waals surface area contributed by atoms with Gasteiger partial charge in [0.15, 0.2) is 0 Å².